The molecule has 76 valence electrons. The third-order valence-corrected chi connectivity index (χ3v) is 4.44. The molecule has 0 unspecified atom stereocenters. The predicted octanol–water partition coefficient (Wildman–Crippen LogP) is 1.35. The molecule has 0 radical (unpaired) electrons. The number of hydrogen-bond acceptors (Lipinski definition) is 3. The molecule has 2 rings (SSSR count). The average Bonchev–Trinajstić information content (AvgIpc) is 2.13. The first kappa shape index (κ1) is 9.81. The molecule has 3 N–H and O–H groups in total. The van der Waals surface area contributed by atoms with Crippen molar-refractivity contribution in [2.24, 2.45) is 5.73 Å². The second kappa shape index (κ2) is 4.20. The zero-order valence-corrected chi connectivity index (χ0v) is 9.04. The average molecular weight is 200 g/mol. The van der Waals surface area contributed by atoms with Crippen molar-refractivity contribution in [3.05, 3.63) is 0 Å². The van der Waals surface area contributed by atoms with Crippen LogP contribution in [0.15, 0.2) is 0 Å². The topological polar surface area (TPSA) is 38.0 Å². The minimum Gasteiger partial charge on any atom is -0.329 e. The molecular weight excluding hydrogens is 180 g/mol. The molecule has 0 spiro atoms. The van der Waals surface area contributed by atoms with Crippen LogP contribution in [0, 0.1) is 0 Å². The Hall–Kier alpha value is 0.270. The van der Waals surface area contributed by atoms with Gasteiger partial charge in [-0.05, 0) is 37.2 Å². The Morgan fingerprint density at radius 2 is 2.00 bits per heavy atom. The third-order valence-electron chi connectivity index (χ3n) is 3.46. The van der Waals surface area contributed by atoms with E-state index in [1.54, 1.807) is 0 Å². The first-order valence-electron chi connectivity index (χ1n) is 5.40. The minimum atomic E-state index is 0.302. The van der Waals surface area contributed by atoms with Gasteiger partial charge in [0.25, 0.3) is 0 Å². The van der Waals surface area contributed by atoms with Gasteiger partial charge in [-0.2, -0.15) is 11.8 Å². The summed E-state index contributed by atoms with van der Waals surface area (Å²) in [6.45, 7) is 0.823. The monoisotopic (exact) mass is 200 g/mol. The van der Waals surface area contributed by atoms with E-state index in [9.17, 15) is 0 Å². The largest absolute Gasteiger partial charge is 0.329 e. The number of rotatable bonds is 3. The van der Waals surface area contributed by atoms with Gasteiger partial charge in [0.05, 0.1) is 0 Å². The van der Waals surface area contributed by atoms with Gasteiger partial charge in [0.2, 0.25) is 0 Å². The number of nitrogens with one attached hydrogen (secondary N) is 1. The fraction of sp³-hybridized carbons (Fsp3) is 1.00. The lowest BCUT2D eigenvalue weighted by Gasteiger charge is -2.42. The summed E-state index contributed by atoms with van der Waals surface area (Å²) in [4.78, 5) is 0. The zero-order valence-electron chi connectivity index (χ0n) is 8.22. The van der Waals surface area contributed by atoms with Crippen LogP contribution in [0.25, 0.3) is 0 Å². The van der Waals surface area contributed by atoms with Crippen LogP contribution < -0.4 is 11.1 Å². The molecule has 0 amide bonds. The Morgan fingerprint density at radius 1 is 1.31 bits per heavy atom. The van der Waals surface area contributed by atoms with Gasteiger partial charge in [0, 0.05) is 18.1 Å². The molecule has 2 aliphatic rings. The van der Waals surface area contributed by atoms with Gasteiger partial charge >= 0.3 is 0 Å². The highest BCUT2D eigenvalue weighted by Gasteiger charge is 2.34. The molecule has 1 saturated heterocycles. The smallest absolute Gasteiger partial charge is 0.0322 e. The summed E-state index contributed by atoms with van der Waals surface area (Å²) in [5.41, 5.74) is 6.20. The van der Waals surface area contributed by atoms with E-state index >= 15 is 0 Å². The Bertz CT molecular complexity index is 162. The standard InChI is InChI=1S/C10H20N2S/c11-8-10(4-6-13-7-5-10)12-9-2-1-3-9/h9,12H,1-8,11H2. The van der Waals surface area contributed by atoms with Gasteiger partial charge in [0.1, 0.15) is 0 Å². The van der Waals surface area contributed by atoms with Gasteiger partial charge in [0.15, 0.2) is 0 Å². The molecule has 2 fully saturated rings. The van der Waals surface area contributed by atoms with Crippen molar-refractivity contribution < 1.29 is 0 Å². The highest BCUT2D eigenvalue weighted by atomic mass is 32.2. The summed E-state index contributed by atoms with van der Waals surface area (Å²) in [6.07, 6.45) is 6.69. The van der Waals surface area contributed by atoms with Crippen molar-refractivity contribution in [2.45, 2.75) is 43.7 Å². The molecule has 1 aliphatic heterocycles. The van der Waals surface area contributed by atoms with Crippen LogP contribution in [0.1, 0.15) is 32.1 Å². The summed E-state index contributed by atoms with van der Waals surface area (Å²) >= 11 is 2.07. The number of thioether (sulfide) groups is 1. The lowest BCUT2D eigenvalue weighted by molar-refractivity contribution is 0.215. The zero-order chi connectivity index (χ0) is 9.15. The summed E-state index contributed by atoms with van der Waals surface area (Å²) in [5, 5.41) is 3.78. The van der Waals surface area contributed by atoms with Crippen molar-refractivity contribution in [2.75, 3.05) is 18.1 Å². The Morgan fingerprint density at radius 3 is 2.46 bits per heavy atom. The second-order valence-electron chi connectivity index (χ2n) is 4.37. The molecule has 3 heteroatoms. The molecule has 13 heavy (non-hydrogen) atoms. The maximum absolute atomic E-state index is 5.89. The van der Waals surface area contributed by atoms with Crippen LogP contribution in [-0.2, 0) is 0 Å². The van der Waals surface area contributed by atoms with E-state index in [0.717, 1.165) is 12.6 Å². The van der Waals surface area contributed by atoms with Gasteiger partial charge in [-0.15, -0.1) is 0 Å². The highest BCUT2D eigenvalue weighted by molar-refractivity contribution is 7.99. The lowest BCUT2D eigenvalue weighted by atomic mass is 9.86. The number of hydrogen-bond donors (Lipinski definition) is 2. The van der Waals surface area contributed by atoms with Crippen LogP contribution in [0.4, 0.5) is 0 Å². The first-order valence-corrected chi connectivity index (χ1v) is 6.56. The maximum atomic E-state index is 5.89. The van der Waals surface area contributed by atoms with Crippen molar-refractivity contribution in [1.82, 2.24) is 5.32 Å². The van der Waals surface area contributed by atoms with Crippen molar-refractivity contribution in [1.29, 1.82) is 0 Å². The van der Waals surface area contributed by atoms with Crippen molar-refractivity contribution in [3.8, 4) is 0 Å². The predicted molar refractivity (Wildman–Crippen MR) is 59.1 cm³/mol. The van der Waals surface area contributed by atoms with Crippen LogP contribution in [0.5, 0.6) is 0 Å². The molecule has 0 bridgehead atoms. The molecule has 1 aliphatic carbocycles. The molecule has 0 aromatic carbocycles. The lowest BCUT2D eigenvalue weighted by Crippen LogP contribution is -2.58. The molecule has 0 aromatic heterocycles. The third kappa shape index (κ3) is 2.20. The van der Waals surface area contributed by atoms with Gasteiger partial charge in [-0.25, -0.2) is 0 Å². The summed E-state index contributed by atoms with van der Waals surface area (Å²) < 4.78 is 0. The number of nitrogens with two attached hydrogens (primary N) is 1. The van der Waals surface area contributed by atoms with Crippen LogP contribution in [0.2, 0.25) is 0 Å². The Labute approximate surface area is 85.0 Å². The van der Waals surface area contributed by atoms with Crippen molar-refractivity contribution >= 4 is 11.8 Å². The molecule has 2 nitrogen and oxygen atoms in total. The molecule has 0 aromatic rings. The fourth-order valence-corrected chi connectivity index (χ4v) is 3.43. The quantitative estimate of drug-likeness (QED) is 0.722. The van der Waals surface area contributed by atoms with E-state index in [0.29, 0.717) is 5.54 Å². The van der Waals surface area contributed by atoms with Crippen LogP contribution in [0.3, 0.4) is 0 Å². The minimum absolute atomic E-state index is 0.302. The van der Waals surface area contributed by atoms with Gasteiger partial charge < -0.3 is 11.1 Å². The molecular formula is C10H20N2S. The van der Waals surface area contributed by atoms with E-state index in [2.05, 4.69) is 17.1 Å². The van der Waals surface area contributed by atoms with Crippen LogP contribution in [-0.4, -0.2) is 29.6 Å². The van der Waals surface area contributed by atoms with Gasteiger partial charge in [-0.3, -0.25) is 0 Å². The summed E-state index contributed by atoms with van der Waals surface area (Å²) in [7, 11) is 0. The Kier molecular flexibility index (Phi) is 3.17. The summed E-state index contributed by atoms with van der Waals surface area (Å²) in [5.74, 6) is 2.58. The van der Waals surface area contributed by atoms with E-state index in [4.69, 9.17) is 5.73 Å². The van der Waals surface area contributed by atoms with E-state index in [1.807, 2.05) is 0 Å². The SMILES string of the molecule is NCC1(NC2CCC2)CCSCC1. The molecule has 0 atom stereocenters. The Balaban J connectivity index is 1.88. The second-order valence-corrected chi connectivity index (χ2v) is 5.59. The molecule has 1 heterocycles. The first-order chi connectivity index (χ1) is 6.35. The fourth-order valence-electron chi connectivity index (χ4n) is 2.16. The summed E-state index contributed by atoms with van der Waals surface area (Å²) in [6, 6.07) is 0.784. The van der Waals surface area contributed by atoms with E-state index in [1.165, 1.54) is 43.6 Å². The maximum Gasteiger partial charge on any atom is 0.0322 e. The molecule has 1 saturated carbocycles. The van der Waals surface area contributed by atoms with E-state index < -0.39 is 0 Å². The van der Waals surface area contributed by atoms with E-state index in [-0.39, 0.29) is 0 Å². The van der Waals surface area contributed by atoms with Crippen molar-refractivity contribution in [3.63, 3.8) is 0 Å². The van der Waals surface area contributed by atoms with Gasteiger partial charge in [-0.1, -0.05) is 6.42 Å². The van der Waals surface area contributed by atoms with Crippen LogP contribution >= 0.6 is 11.8 Å². The normalized spacial score (nSPS) is 28.4. The highest BCUT2D eigenvalue weighted by Crippen LogP contribution is 2.29.